The average Bonchev–Trinajstić information content (AvgIpc) is 2.26. The number of anilines is 1. The van der Waals surface area contributed by atoms with Crippen molar-refractivity contribution in [3.63, 3.8) is 0 Å². The van der Waals surface area contributed by atoms with Gasteiger partial charge in [0.15, 0.2) is 0 Å². The first kappa shape index (κ1) is 11.3. The monoisotopic (exact) mass is 204 g/mol. The van der Waals surface area contributed by atoms with Crippen LogP contribution in [0.15, 0.2) is 35.5 Å². The van der Waals surface area contributed by atoms with Gasteiger partial charge in [0.2, 0.25) is 0 Å². The number of benzene rings is 1. The maximum absolute atomic E-state index is 8.46. The summed E-state index contributed by atoms with van der Waals surface area (Å²) in [6, 6.07) is 8.14. The number of hydrogen-bond donors (Lipinski definition) is 1. The lowest BCUT2D eigenvalue weighted by molar-refractivity contribution is 0.319. The van der Waals surface area contributed by atoms with E-state index in [0.717, 1.165) is 5.56 Å². The lowest BCUT2D eigenvalue weighted by Gasteiger charge is -2.11. The zero-order valence-corrected chi connectivity index (χ0v) is 9.31. The molecule has 0 bridgehead atoms. The Morgan fingerprint density at radius 2 is 1.87 bits per heavy atom. The van der Waals surface area contributed by atoms with Gasteiger partial charge < -0.3 is 10.1 Å². The topological polar surface area (TPSA) is 35.8 Å². The molecule has 0 saturated carbocycles. The minimum absolute atomic E-state index is 0.590. The normalized spacial score (nSPS) is 12.1. The molecular weight excluding hydrogens is 188 g/mol. The zero-order chi connectivity index (χ0) is 11.3. The van der Waals surface area contributed by atoms with E-state index in [1.165, 1.54) is 5.69 Å². The first-order valence-corrected chi connectivity index (χ1v) is 4.77. The van der Waals surface area contributed by atoms with Crippen molar-refractivity contribution in [3.8, 4) is 0 Å². The van der Waals surface area contributed by atoms with E-state index in [9.17, 15) is 0 Å². The van der Waals surface area contributed by atoms with Crippen LogP contribution in [-0.4, -0.2) is 25.0 Å². The maximum Gasteiger partial charge on any atom is 0.0765 e. The Bertz CT molecular complexity index is 364. The van der Waals surface area contributed by atoms with Crippen LogP contribution in [-0.2, 0) is 0 Å². The van der Waals surface area contributed by atoms with Crippen LogP contribution < -0.4 is 4.90 Å². The minimum atomic E-state index is 0.590. The Hall–Kier alpha value is -1.77. The third-order valence-electron chi connectivity index (χ3n) is 2.08. The zero-order valence-electron chi connectivity index (χ0n) is 9.31. The first-order valence-electron chi connectivity index (χ1n) is 4.77. The molecule has 3 nitrogen and oxygen atoms in total. The highest BCUT2D eigenvalue weighted by Gasteiger charge is 1.93. The van der Waals surface area contributed by atoms with Gasteiger partial charge in [-0.25, -0.2) is 0 Å². The van der Waals surface area contributed by atoms with Gasteiger partial charge in [-0.3, -0.25) is 0 Å². The van der Waals surface area contributed by atoms with E-state index in [1.807, 2.05) is 49.3 Å². The highest BCUT2D eigenvalue weighted by atomic mass is 16.4. The van der Waals surface area contributed by atoms with Crippen LogP contribution in [0.4, 0.5) is 5.69 Å². The van der Waals surface area contributed by atoms with Gasteiger partial charge >= 0.3 is 0 Å². The Labute approximate surface area is 90.3 Å². The average molecular weight is 204 g/mol. The maximum atomic E-state index is 8.46. The Morgan fingerprint density at radius 1 is 1.27 bits per heavy atom. The Morgan fingerprint density at radius 3 is 2.33 bits per heavy atom. The minimum Gasteiger partial charge on any atom is -0.411 e. The molecule has 0 aliphatic carbocycles. The molecule has 0 fully saturated rings. The molecule has 1 aromatic carbocycles. The second kappa shape index (κ2) is 5.20. The van der Waals surface area contributed by atoms with Crippen molar-refractivity contribution in [1.82, 2.24) is 0 Å². The highest BCUT2D eigenvalue weighted by Crippen LogP contribution is 2.13. The summed E-state index contributed by atoms with van der Waals surface area (Å²) in [6.07, 6.45) is 3.68. The van der Waals surface area contributed by atoms with Crippen LogP contribution in [0.1, 0.15) is 12.5 Å². The van der Waals surface area contributed by atoms with Crippen molar-refractivity contribution in [2.24, 2.45) is 5.16 Å². The summed E-state index contributed by atoms with van der Waals surface area (Å²) in [7, 11) is 4.01. The van der Waals surface area contributed by atoms with Crippen LogP contribution in [0.2, 0.25) is 0 Å². The van der Waals surface area contributed by atoms with E-state index >= 15 is 0 Å². The summed E-state index contributed by atoms with van der Waals surface area (Å²) in [4.78, 5) is 2.05. The number of allylic oxidation sites excluding steroid dienone is 1. The Kier molecular flexibility index (Phi) is 3.92. The molecule has 1 rings (SSSR count). The van der Waals surface area contributed by atoms with Crippen LogP contribution >= 0.6 is 0 Å². The number of nitrogens with zero attached hydrogens (tertiary/aromatic N) is 2. The van der Waals surface area contributed by atoms with Gasteiger partial charge in [-0.2, -0.15) is 0 Å². The molecule has 0 spiro atoms. The summed E-state index contributed by atoms with van der Waals surface area (Å²) in [5.41, 5.74) is 2.84. The second-order valence-corrected chi connectivity index (χ2v) is 3.56. The quantitative estimate of drug-likeness (QED) is 0.466. The third kappa shape index (κ3) is 3.46. The molecule has 0 heterocycles. The van der Waals surface area contributed by atoms with Crippen molar-refractivity contribution in [3.05, 3.63) is 35.9 Å². The first-order chi connectivity index (χ1) is 7.13. The summed E-state index contributed by atoms with van der Waals surface area (Å²) in [5, 5.41) is 11.5. The molecule has 0 radical (unpaired) electrons. The molecule has 0 saturated heterocycles. The largest absolute Gasteiger partial charge is 0.411 e. The standard InChI is InChI=1S/C12H16N2O/c1-10(13-15)4-5-11-6-8-12(9-7-11)14(2)3/h4-9,15H,1-3H3/b5-4+,13-10-. The fourth-order valence-electron chi connectivity index (χ4n) is 1.13. The molecule has 1 N–H and O–H groups in total. The Balaban J connectivity index is 2.77. The van der Waals surface area contributed by atoms with Gasteiger partial charge in [0.25, 0.3) is 0 Å². The summed E-state index contributed by atoms with van der Waals surface area (Å²) in [6.45, 7) is 1.74. The number of oxime groups is 1. The lowest BCUT2D eigenvalue weighted by atomic mass is 10.2. The second-order valence-electron chi connectivity index (χ2n) is 3.56. The molecule has 0 unspecified atom stereocenters. The van der Waals surface area contributed by atoms with Crippen molar-refractivity contribution >= 4 is 17.5 Å². The van der Waals surface area contributed by atoms with E-state index in [0.29, 0.717) is 5.71 Å². The van der Waals surface area contributed by atoms with E-state index in [1.54, 1.807) is 13.0 Å². The predicted molar refractivity (Wildman–Crippen MR) is 64.7 cm³/mol. The van der Waals surface area contributed by atoms with Gasteiger partial charge in [-0.1, -0.05) is 23.4 Å². The summed E-state index contributed by atoms with van der Waals surface area (Å²) in [5.74, 6) is 0. The summed E-state index contributed by atoms with van der Waals surface area (Å²) < 4.78 is 0. The summed E-state index contributed by atoms with van der Waals surface area (Å²) >= 11 is 0. The van der Waals surface area contributed by atoms with Crippen LogP contribution in [0.3, 0.4) is 0 Å². The van der Waals surface area contributed by atoms with Crippen LogP contribution in [0.5, 0.6) is 0 Å². The van der Waals surface area contributed by atoms with Gasteiger partial charge in [0.1, 0.15) is 0 Å². The van der Waals surface area contributed by atoms with E-state index in [-0.39, 0.29) is 0 Å². The van der Waals surface area contributed by atoms with Gasteiger partial charge in [-0.15, -0.1) is 0 Å². The van der Waals surface area contributed by atoms with Gasteiger partial charge in [0, 0.05) is 19.8 Å². The molecule has 0 atom stereocenters. The molecule has 0 amide bonds. The fraction of sp³-hybridized carbons (Fsp3) is 0.250. The molecule has 15 heavy (non-hydrogen) atoms. The van der Waals surface area contributed by atoms with Crippen LogP contribution in [0, 0.1) is 0 Å². The van der Waals surface area contributed by atoms with E-state index in [4.69, 9.17) is 5.21 Å². The molecule has 0 aliphatic heterocycles. The van der Waals surface area contributed by atoms with E-state index in [2.05, 4.69) is 5.16 Å². The molecule has 1 aromatic rings. The van der Waals surface area contributed by atoms with E-state index < -0.39 is 0 Å². The van der Waals surface area contributed by atoms with Crippen molar-refractivity contribution in [2.75, 3.05) is 19.0 Å². The van der Waals surface area contributed by atoms with Gasteiger partial charge in [0.05, 0.1) is 5.71 Å². The lowest BCUT2D eigenvalue weighted by Crippen LogP contribution is -2.07. The SMILES string of the molecule is CC(/C=C/c1ccc(N(C)C)cc1)=N/O. The third-order valence-corrected chi connectivity index (χ3v) is 2.08. The molecule has 0 aromatic heterocycles. The van der Waals surface area contributed by atoms with Crippen molar-refractivity contribution in [2.45, 2.75) is 6.92 Å². The molecule has 80 valence electrons. The predicted octanol–water partition coefficient (Wildman–Crippen LogP) is 2.62. The smallest absolute Gasteiger partial charge is 0.0765 e. The van der Waals surface area contributed by atoms with Crippen LogP contribution in [0.25, 0.3) is 6.08 Å². The van der Waals surface area contributed by atoms with Crippen molar-refractivity contribution in [1.29, 1.82) is 0 Å². The highest BCUT2D eigenvalue weighted by molar-refractivity contribution is 5.95. The number of rotatable bonds is 3. The molecule has 0 aliphatic rings. The van der Waals surface area contributed by atoms with Gasteiger partial charge in [-0.05, 0) is 30.7 Å². The molecule has 3 heteroatoms. The fourth-order valence-corrected chi connectivity index (χ4v) is 1.13. The number of hydrogen-bond acceptors (Lipinski definition) is 3. The van der Waals surface area contributed by atoms with Crippen molar-refractivity contribution < 1.29 is 5.21 Å². The molecular formula is C12H16N2O.